The van der Waals surface area contributed by atoms with E-state index >= 15 is 0 Å². The summed E-state index contributed by atoms with van der Waals surface area (Å²) in [4.78, 5) is 4.26. The minimum Gasteiger partial charge on any atom is -0.375 e. The minimum atomic E-state index is -0.108. The third-order valence-corrected chi connectivity index (χ3v) is 3.63. The summed E-state index contributed by atoms with van der Waals surface area (Å²) in [6.45, 7) is 5.03. The van der Waals surface area contributed by atoms with E-state index in [4.69, 9.17) is 10.5 Å². The summed E-state index contributed by atoms with van der Waals surface area (Å²) < 4.78 is 5.67. The van der Waals surface area contributed by atoms with Crippen molar-refractivity contribution in [3.63, 3.8) is 0 Å². The molecular weight excluding hydrogens is 196 g/mol. The first-order valence-corrected chi connectivity index (χ1v) is 5.83. The van der Waals surface area contributed by atoms with Crippen LogP contribution in [-0.2, 0) is 4.74 Å². The molecule has 1 aromatic heterocycles. The van der Waals surface area contributed by atoms with Gasteiger partial charge in [-0.2, -0.15) is 0 Å². The van der Waals surface area contributed by atoms with E-state index in [1.807, 2.05) is 10.9 Å². The molecule has 0 amide bonds. The number of aromatic nitrogens is 1. The van der Waals surface area contributed by atoms with Gasteiger partial charge in [-0.1, -0.05) is 0 Å². The number of nitrogens with zero attached hydrogens (tertiary/aromatic N) is 1. The molecule has 1 fully saturated rings. The van der Waals surface area contributed by atoms with Crippen molar-refractivity contribution in [2.45, 2.75) is 31.9 Å². The van der Waals surface area contributed by atoms with Gasteiger partial charge in [0.05, 0.1) is 22.8 Å². The highest BCUT2D eigenvalue weighted by Gasteiger charge is 2.40. The van der Waals surface area contributed by atoms with Gasteiger partial charge in [0.2, 0.25) is 0 Å². The maximum absolute atomic E-state index is 6.18. The molecule has 3 nitrogen and oxygen atoms in total. The number of hydrogen-bond acceptors (Lipinski definition) is 4. The molecule has 2 unspecified atom stereocenters. The third kappa shape index (κ3) is 1.69. The van der Waals surface area contributed by atoms with Gasteiger partial charge >= 0.3 is 0 Å². The summed E-state index contributed by atoms with van der Waals surface area (Å²) in [5.41, 5.74) is 8.91. The number of thiazole rings is 1. The van der Waals surface area contributed by atoms with Crippen molar-refractivity contribution in [1.82, 2.24) is 4.98 Å². The van der Waals surface area contributed by atoms with Gasteiger partial charge in [-0.15, -0.1) is 11.3 Å². The Kier molecular flexibility index (Phi) is 2.60. The molecule has 0 aromatic carbocycles. The average molecular weight is 212 g/mol. The fourth-order valence-electron chi connectivity index (χ4n) is 2.11. The van der Waals surface area contributed by atoms with Crippen molar-refractivity contribution in [3.8, 4) is 0 Å². The standard InChI is InChI=1S/C10H16N2OS/c1-10(2)7(3-4-13-10)9(11)8-5-14-6-12-8/h5-7,9H,3-4,11H2,1-2H3. The van der Waals surface area contributed by atoms with E-state index in [1.165, 1.54) is 0 Å². The molecule has 1 aliphatic rings. The second-order valence-corrected chi connectivity index (χ2v) is 5.00. The predicted molar refractivity (Wildman–Crippen MR) is 57.2 cm³/mol. The second-order valence-electron chi connectivity index (χ2n) is 4.29. The van der Waals surface area contributed by atoms with Crippen molar-refractivity contribution in [1.29, 1.82) is 0 Å². The van der Waals surface area contributed by atoms with Crippen LogP contribution < -0.4 is 5.73 Å². The molecule has 0 saturated carbocycles. The Morgan fingerprint density at radius 3 is 3.00 bits per heavy atom. The molecule has 1 aromatic rings. The van der Waals surface area contributed by atoms with E-state index in [0.29, 0.717) is 5.92 Å². The van der Waals surface area contributed by atoms with E-state index in [9.17, 15) is 0 Å². The predicted octanol–water partition coefficient (Wildman–Crippen LogP) is 1.96. The molecule has 14 heavy (non-hydrogen) atoms. The van der Waals surface area contributed by atoms with Gasteiger partial charge < -0.3 is 10.5 Å². The Hall–Kier alpha value is -0.450. The fourth-order valence-corrected chi connectivity index (χ4v) is 2.71. The highest BCUT2D eigenvalue weighted by molar-refractivity contribution is 7.07. The second kappa shape index (κ2) is 3.61. The molecule has 2 atom stereocenters. The fraction of sp³-hybridized carbons (Fsp3) is 0.700. The van der Waals surface area contributed by atoms with Crippen LogP contribution in [0.3, 0.4) is 0 Å². The Morgan fingerprint density at radius 1 is 1.71 bits per heavy atom. The first-order chi connectivity index (χ1) is 6.61. The van der Waals surface area contributed by atoms with Crippen molar-refractivity contribution in [3.05, 3.63) is 16.6 Å². The van der Waals surface area contributed by atoms with Crippen molar-refractivity contribution >= 4 is 11.3 Å². The van der Waals surface area contributed by atoms with Crippen LogP contribution in [-0.4, -0.2) is 17.2 Å². The number of hydrogen-bond donors (Lipinski definition) is 1. The van der Waals surface area contributed by atoms with Crippen LogP contribution in [0.5, 0.6) is 0 Å². The van der Waals surface area contributed by atoms with Gasteiger partial charge in [-0.3, -0.25) is 0 Å². The first kappa shape index (κ1) is 10.1. The molecule has 1 aliphatic heterocycles. The van der Waals surface area contributed by atoms with Crippen LogP contribution in [0.4, 0.5) is 0 Å². The molecule has 4 heteroatoms. The summed E-state index contributed by atoms with van der Waals surface area (Å²) in [5.74, 6) is 0.379. The maximum atomic E-state index is 6.18. The lowest BCUT2D eigenvalue weighted by Gasteiger charge is -2.29. The number of ether oxygens (including phenoxy) is 1. The van der Waals surface area contributed by atoms with Crippen LogP contribution in [0, 0.1) is 5.92 Å². The van der Waals surface area contributed by atoms with Crippen LogP contribution >= 0.6 is 11.3 Å². The van der Waals surface area contributed by atoms with Gasteiger partial charge in [0.1, 0.15) is 0 Å². The number of nitrogens with two attached hydrogens (primary N) is 1. The monoisotopic (exact) mass is 212 g/mol. The van der Waals surface area contributed by atoms with E-state index < -0.39 is 0 Å². The Labute approximate surface area is 88.3 Å². The van der Waals surface area contributed by atoms with Gasteiger partial charge in [0.15, 0.2) is 0 Å². The lowest BCUT2D eigenvalue weighted by atomic mass is 9.84. The normalized spacial score (nSPS) is 27.8. The number of rotatable bonds is 2. The molecule has 0 spiro atoms. The van der Waals surface area contributed by atoms with E-state index in [1.54, 1.807) is 11.3 Å². The molecule has 2 N–H and O–H groups in total. The van der Waals surface area contributed by atoms with Crippen LogP contribution in [0.15, 0.2) is 10.9 Å². The highest BCUT2D eigenvalue weighted by atomic mass is 32.1. The van der Waals surface area contributed by atoms with E-state index in [-0.39, 0.29) is 11.6 Å². The SMILES string of the molecule is CC1(C)OCCC1C(N)c1cscn1. The van der Waals surface area contributed by atoms with E-state index in [0.717, 1.165) is 18.7 Å². The quantitative estimate of drug-likeness (QED) is 0.815. The summed E-state index contributed by atoms with van der Waals surface area (Å²) in [5, 5.41) is 2.03. The van der Waals surface area contributed by atoms with E-state index in [2.05, 4.69) is 18.8 Å². The Morgan fingerprint density at radius 2 is 2.50 bits per heavy atom. The third-order valence-electron chi connectivity index (χ3n) is 3.02. The van der Waals surface area contributed by atoms with Crippen LogP contribution in [0.25, 0.3) is 0 Å². The molecule has 0 radical (unpaired) electrons. The van der Waals surface area contributed by atoms with Crippen molar-refractivity contribution in [2.75, 3.05) is 6.61 Å². The molecule has 78 valence electrons. The Bertz CT molecular complexity index is 297. The lowest BCUT2D eigenvalue weighted by molar-refractivity contribution is 0.00467. The molecule has 0 bridgehead atoms. The molecule has 2 rings (SSSR count). The summed E-state index contributed by atoms with van der Waals surface area (Å²) >= 11 is 1.59. The minimum absolute atomic E-state index is 0.0127. The van der Waals surface area contributed by atoms with Gasteiger partial charge in [0.25, 0.3) is 0 Å². The topological polar surface area (TPSA) is 48.1 Å². The smallest absolute Gasteiger partial charge is 0.0795 e. The van der Waals surface area contributed by atoms with Crippen LogP contribution in [0.2, 0.25) is 0 Å². The van der Waals surface area contributed by atoms with Crippen molar-refractivity contribution in [2.24, 2.45) is 11.7 Å². The molecule has 1 saturated heterocycles. The molecule has 2 heterocycles. The van der Waals surface area contributed by atoms with Crippen LogP contribution in [0.1, 0.15) is 32.0 Å². The zero-order chi connectivity index (χ0) is 10.2. The zero-order valence-electron chi connectivity index (χ0n) is 8.56. The summed E-state index contributed by atoms with van der Waals surface area (Å²) in [6.07, 6.45) is 1.03. The average Bonchev–Trinajstić information content (AvgIpc) is 2.71. The van der Waals surface area contributed by atoms with Gasteiger partial charge in [-0.05, 0) is 20.3 Å². The summed E-state index contributed by atoms with van der Waals surface area (Å²) in [7, 11) is 0. The lowest BCUT2D eigenvalue weighted by Crippen LogP contribution is -2.35. The molecular formula is C10H16N2OS. The van der Waals surface area contributed by atoms with Crippen molar-refractivity contribution < 1.29 is 4.74 Å². The zero-order valence-corrected chi connectivity index (χ0v) is 9.38. The largest absolute Gasteiger partial charge is 0.375 e. The first-order valence-electron chi connectivity index (χ1n) is 4.89. The Balaban J connectivity index is 2.16. The highest BCUT2D eigenvalue weighted by Crippen LogP contribution is 2.38. The molecule has 0 aliphatic carbocycles. The summed E-state index contributed by atoms with van der Waals surface area (Å²) in [6, 6.07) is 0.0127. The maximum Gasteiger partial charge on any atom is 0.0795 e. The van der Waals surface area contributed by atoms with Gasteiger partial charge in [-0.25, -0.2) is 4.98 Å². The van der Waals surface area contributed by atoms with Gasteiger partial charge in [0, 0.05) is 17.9 Å².